The van der Waals surface area contributed by atoms with Crippen LogP contribution in [0.25, 0.3) is 0 Å². The Hall–Kier alpha value is 0. The quantitative estimate of drug-likeness (QED) is 0.155. The standard InChI is InChI=1S/C27H56/c1-4-7-10-11-12-13-14-15-16-17-18-19-20-23-26-27(24-21-8-5-2)25-22-9-6-3/h27H,4-26H2,1-3H3. The van der Waals surface area contributed by atoms with Crippen LogP contribution < -0.4 is 0 Å². The van der Waals surface area contributed by atoms with E-state index in [1.165, 1.54) is 148 Å². The van der Waals surface area contributed by atoms with Crippen LogP contribution in [0.2, 0.25) is 0 Å². The molecular weight excluding hydrogens is 324 g/mol. The summed E-state index contributed by atoms with van der Waals surface area (Å²) < 4.78 is 0. The van der Waals surface area contributed by atoms with E-state index in [4.69, 9.17) is 0 Å². The van der Waals surface area contributed by atoms with Gasteiger partial charge in [-0.2, -0.15) is 0 Å². The van der Waals surface area contributed by atoms with Crippen molar-refractivity contribution in [2.75, 3.05) is 0 Å². The number of rotatable bonds is 23. The smallest absolute Gasteiger partial charge is 0.0414 e. The van der Waals surface area contributed by atoms with Gasteiger partial charge in [-0.25, -0.2) is 0 Å². The average Bonchev–Trinajstić information content (AvgIpc) is 2.68. The molecule has 0 aliphatic rings. The molecule has 0 aromatic carbocycles. The van der Waals surface area contributed by atoms with Crippen molar-refractivity contribution in [2.24, 2.45) is 5.92 Å². The average molecular weight is 381 g/mol. The first-order valence-corrected chi connectivity index (χ1v) is 13.3. The van der Waals surface area contributed by atoms with Crippen LogP contribution in [-0.2, 0) is 0 Å². The zero-order chi connectivity index (χ0) is 19.8. The molecule has 0 aliphatic carbocycles. The Kier molecular flexibility index (Phi) is 24.0. The van der Waals surface area contributed by atoms with E-state index in [1.807, 2.05) is 0 Å². The Bertz CT molecular complexity index is 234. The summed E-state index contributed by atoms with van der Waals surface area (Å²) in [6, 6.07) is 0. The first-order valence-electron chi connectivity index (χ1n) is 13.3. The van der Waals surface area contributed by atoms with Crippen molar-refractivity contribution in [3.63, 3.8) is 0 Å². The van der Waals surface area contributed by atoms with E-state index in [9.17, 15) is 0 Å². The molecule has 0 spiro atoms. The largest absolute Gasteiger partial charge is 0.0654 e. The molecule has 0 aromatic rings. The van der Waals surface area contributed by atoms with Gasteiger partial charge in [-0.15, -0.1) is 0 Å². The van der Waals surface area contributed by atoms with Gasteiger partial charge in [0.15, 0.2) is 0 Å². The maximum atomic E-state index is 2.33. The fourth-order valence-electron chi connectivity index (χ4n) is 4.43. The van der Waals surface area contributed by atoms with Gasteiger partial charge in [0.2, 0.25) is 0 Å². The lowest BCUT2D eigenvalue weighted by Crippen LogP contribution is -2.01. The van der Waals surface area contributed by atoms with Crippen molar-refractivity contribution in [2.45, 2.75) is 168 Å². The highest BCUT2D eigenvalue weighted by Gasteiger charge is 2.08. The van der Waals surface area contributed by atoms with Crippen LogP contribution in [0.15, 0.2) is 0 Å². The SMILES string of the molecule is CCCCCCCCCCCCCCCCC(CCCCC)CCCCC. The highest BCUT2D eigenvalue weighted by Crippen LogP contribution is 2.24. The van der Waals surface area contributed by atoms with Gasteiger partial charge in [-0.3, -0.25) is 0 Å². The molecule has 0 atom stereocenters. The van der Waals surface area contributed by atoms with Gasteiger partial charge in [-0.05, 0) is 5.92 Å². The minimum atomic E-state index is 1.04. The summed E-state index contributed by atoms with van der Waals surface area (Å²) >= 11 is 0. The van der Waals surface area contributed by atoms with Crippen LogP contribution in [0.4, 0.5) is 0 Å². The second-order valence-corrected chi connectivity index (χ2v) is 9.24. The highest BCUT2D eigenvalue weighted by atomic mass is 14.1. The molecule has 0 saturated carbocycles. The molecule has 0 heterocycles. The number of unbranched alkanes of at least 4 members (excludes halogenated alkanes) is 17. The van der Waals surface area contributed by atoms with E-state index in [0.29, 0.717) is 0 Å². The maximum absolute atomic E-state index is 2.33. The van der Waals surface area contributed by atoms with Gasteiger partial charge in [0, 0.05) is 0 Å². The van der Waals surface area contributed by atoms with Crippen LogP contribution in [0.5, 0.6) is 0 Å². The van der Waals surface area contributed by atoms with Crippen molar-refractivity contribution in [3.8, 4) is 0 Å². The maximum Gasteiger partial charge on any atom is -0.0414 e. The summed E-state index contributed by atoms with van der Waals surface area (Å²) in [4.78, 5) is 0. The fraction of sp³-hybridized carbons (Fsp3) is 1.00. The summed E-state index contributed by atoms with van der Waals surface area (Å²) in [6.07, 6.45) is 33.8. The Morgan fingerprint density at radius 2 is 0.519 bits per heavy atom. The third-order valence-corrected chi connectivity index (χ3v) is 6.40. The van der Waals surface area contributed by atoms with Crippen molar-refractivity contribution in [1.29, 1.82) is 0 Å². The van der Waals surface area contributed by atoms with E-state index in [1.54, 1.807) is 0 Å². The Balaban J connectivity index is 3.39. The molecule has 0 bridgehead atoms. The monoisotopic (exact) mass is 380 g/mol. The second-order valence-electron chi connectivity index (χ2n) is 9.24. The summed E-state index contributed by atoms with van der Waals surface area (Å²) in [6.45, 7) is 6.97. The molecule has 0 N–H and O–H groups in total. The zero-order valence-electron chi connectivity index (χ0n) is 19.8. The summed E-state index contributed by atoms with van der Waals surface area (Å²) in [5.74, 6) is 1.04. The van der Waals surface area contributed by atoms with E-state index >= 15 is 0 Å². The Morgan fingerprint density at radius 3 is 0.852 bits per heavy atom. The molecule has 0 radical (unpaired) electrons. The van der Waals surface area contributed by atoms with Gasteiger partial charge in [-0.1, -0.05) is 168 Å². The molecule has 0 heteroatoms. The van der Waals surface area contributed by atoms with Crippen LogP contribution in [-0.4, -0.2) is 0 Å². The molecule has 0 saturated heterocycles. The van der Waals surface area contributed by atoms with Gasteiger partial charge in [0.05, 0.1) is 0 Å². The predicted molar refractivity (Wildman–Crippen MR) is 127 cm³/mol. The topological polar surface area (TPSA) is 0 Å². The lowest BCUT2D eigenvalue weighted by atomic mass is 9.90. The van der Waals surface area contributed by atoms with Gasteiger partial charge >= 0.3 is 0 Å². The van der Waals surface area contributed by atoms with Crippen molar-refractivity contribution in [1.82, 2.24) is 0 Å². The van der Waals surface area contributed by atoms with E-state index in [-0.39, 0.29) is 0 Å². The number of hydrogen-bond acceptors (Lipinski definition) is 0. The summed E-state index contributed by atoms with van der Waals surface area (Å²) in [5.41, 5.74) is 0. The molecule has 164 valence electrons. The van der Waals surface area contributed by atoms with E-state index < -0.39 is 0 Å². The van der Waals surface area contributed by atoms with E-state index in [2.05, 4.69) is 20.8 Å². The predicted octanol–water partition coefficient (Wildman–Crippen LogP) is 10.6. The zero-order valence-corrected chi connectivity index (χ0v) is 19.8. The number of hydrogen-bond donors (Lipinski definition) is 0. The van der Waals surface area contributed by atoms with Crippen LogP contribution in [0.3, 0.4) is 0 Å². The molecule has 0 amide bonds. The summed E-state index contributed by atoms with van der Waals surface area (Å²) in [5, 5.41) is 0. The Labute approximate surface area is 174 Å². The first kappa shape index (κ1) is 27.0. The van der Waals surface area contributed by atoms with Crippen LogP contribution in [0, 0.1) is 5.92 Å². The minimum absolute atomic E-state index is 1.04. The molecule has 0 rings (SSSR count). The lowest BCUT2D eigenvalue weighted by Gasteiger charge is -2.16. The van der Waals surface area contributed by atoms with Gasteiger partial charge in [0.1, 0.15) is 0 Å². The van der Waals surface area contributed by atoms with Crippen molar-refractivity contribution >= 4 is 0 Å². The van der Waals surface area contributed by atoms with Crippen LogP contribution >= 0.6 is 0 Å². The Morgan fingerprint density at radius 1 is 0.296 bits per heavy atom. The molecule has 0 fully saturated rings. The third-order valence-electron chi connectivity index (χ3n) is 6.40. The van der Waals surface area contributed by atoms with Gasteiger partial charge < -0.3 is 0 Å². The lowest BCUT2D eigenvalue weighted by molar-refractivity contribution is 0.370. The molecule has 0 aromatic heterocycles. The molecule has 0 nitrogen and oxygen atoms in total. The fourth-order valence-corrected chi connectivity index (χ4v) is 4.43. The van der Waals surface area contributed by atoms with Crippen LogP contribution in [0.1, 0.15) is 168 Å². The first-order chi connectivity index (χ1) is 13.3. The highest BCUT2D eigenvalue weighted by molar-refractivity contribution is 4.61. The molecule has 0 unspecified atom stereocenters. The second kappa shape index (κ2) is 24.0. The third kappa shape index (κ3) is 22.2. The molecule has 0 aliphatic heterocycles. The summed E-state index contributed by atoms with van der Waals surface area (Å²) in [7, 11) is 0. The molecular formula is C27H56. The van der Waals surface area contributed by atoms with Crippen molar-refractivity contribution < 1.29 is 0 Å². The van der Waals surface area contributed by atoms with Gasteiger partial charge in [0.25, 0.3) is 0 Å². The van der Waals surface area contributed by atoms with Crippen molar-refractivity contribution in [3.05, 3.63) is 0 Å². The minimum Gasteiger partial charge on any atom is -0.0654 e. The molecule has 27 heavy (non-hydrogen) atoms. The normalized spacial score (nSPS) is 11.6. The van der Waals surface area contributed by atoms with E-state index in [0.717, 1.165) is 5.92 Å².